The normalized spacial score (nSPS) is 17.1. The van der Waals surface area contributed by atoms with Crippen LogP contribution in [0.15, 0.2) is 42.5 Å². The Bertz CT molecular complexity index is 1060. The molecule has 0 saturated carbocycles. The van der Waals surface area contributed by atoms with Crippen LogP contribution in [0.3, 0.4) is 0 Å². The number of hydrogen-bond acceptors (Lipinski definition) is 6. The molecule has 0 radical (unpaired) electrons. The van der Waals surface area contributed by atoms with E-state index in [0.29, 0.717) is 28.0 Å². The summed E-state index contributed by atoms with van der Waals surface area (Å²) in [5.41, 5.74) is 2.66. The summed E-state index contributed by atoms with van der Waals surface area (Å²) in [5, 5.41) is 22.7. The van der Waals surface area contributed by atoms with Crippen molar-refractivity contribution in [2.45, 2.75) is 19.5 Å². The molecule has 2 heterocycles. The van der Waals surface area contributed by atoms with Gasteiger partial charge in [-0.25, -0.2) is 0 Å². The van der Waals surface area contributed by atoms with Gasteiger partial charge in [0.15, 0.2) is 5.82 Å². The van der Waals surface area contributed by atoms with E-state index >= 15 is 0 Å². The number of nitrogens with zero attached hydrogens (tertiary/aromatic N) is 7. The van der Waals surface area contributed by atoms with Gasteiger partial charge in [-0.1, -0.05) is 35.3 Å². The maximum absolute atomic E-state index is 9.15. The van der Waals surface area contributed by atoms with Gasteiger partial charge in [0.05, 0.1) is 34.9 Å². The number of aromatic nitrogens is 4. The lowest BCUT2D eigenvalue weighted by molar-refractivity contribution is 0.208. The van der Waals surface area contributed by atoms with Crippen molar-refractivity contribution in [2.24, 2.45) is 0 Å². The van der Waals surface area contributed by atoms with Crippen LogP contribution >= 0.6 is 23.2 Å². The molecule has 154 valence electrons. The van der Waals surface area contributed by atoms with Gasteiger partial charge in [-0.15, -0.1) is 10.2 Å². The topological polar surface area (TPSA) is 73.9 Å². The number of piperazine rings is 1. The van der Waals surface area contributed by atoms with Crippen LogP contribution in [0.2, 0.25) is 10.0 Å². The fraction of sp³-hybridized carbons (Fsp3) is 0.333. The molecular formula is C21H21Cl2N7. The fourth-order valence-corrected chi connectivity index (χ4v) is 4.17. The molecule has 0 N–H and O–H groups in total. The summed E-state index contributed by atoms with van der Waals surface area (Å²) in [5.74, 6) is 0.675. The minimum absolute atomic E-state index is 0.104. The molecule has 1 atom stereocenters. The van der Waals surface area contributed by atoms with Crippen LogP contribution in [0.4, 0.5) is 5.69 Å². The molecule has 1 unspecified atom stereocenters. The van der Waals surface area contributed by atoms with E-state index < -0.39 is 0 Å². The highest BCUT2D eigenvalue weighted by atomic mass is 35.5. The molecule has 9 heteroatoms. The van der Waals surface area contributed by atoms with Gasteiger partial charge in [0, 0.05) is 31.2 Å². The molecule has 1 aliphatic rings. The maximum atomic E-state index is 9.15. The molecular weight excluding hydrogens is 421 g/mol. The SMILES string of the molecule is Cc1nnn(CCN2CCN(c3ccc(C#N)cc3Cl)C(c3ccc(Cl)cc3)C2)n1. The fourth-order valence-electron chi connectivity index (χ4n) is 3.76. The zero-order chi connectivity index (χ0) is 21.1. The Morgan fingerprint density at radius 1 is 1.10 bits per heavy atom. The highest BCUT2D eigenvalue weighted by molar-refractivity contribution is 6.33. The van der Waals surface area contributed by atoms with E-state index in [1.165, 1.54) is 5.56 Å². The average Bonchev–Trinajstić information content (AvgIpc) is 3.18. The largest absolute Gasteiger partial charge is 0.361 e. The lowest BCUT2D eigenvalue weighted by Crippen LogP contribution is -2.49. The second kappa shape index (κ2) is 9.00. The van der Waals surface area contributed by atoms with Gasteiger partial charge >= 0.3 is 0 Å². The van der Waals surface area contributed by atoms with Gasteiger partial charge in [0.1, 0.15) is 0 Å². The van der Waals surface area contributed by atoms with Gasteiger partial charge in [-0.2, -0.15) is 10.1 Å². The summed E-state index contributed by atoms with van der Waals surface area (Å²) in [6, 6.07) is 15.7. The molecule has 1 aromatic heterocycles. The third-order valence-corrected chi connectivity index (χ3v) is 5.83. The minimum atomic E-state index is 0.104. The molecule has 1 aliphatic heterocycles. The van der Waals surface area contributed by atoms with Crippen LogP contribution in [0.5, 0.6) is 0 Å². The summed E-state index contributed by atoms with van der Waals surface area (Å²) in [6.07, 6.45) is 0. The quantitative estimate of drug-likeness (QED) is 0.600. The molecule has 2 aromatic carbocycles. The van der Waals surface area contributed by atoms with Crippen LogP contribution in [0.25, 0.3) is 0 Å². The first-order valence-corrected chi connectivity index (χ1v) is 10.5. The molecule has 0 bridgehead atoms. The summed E-state index contributed by atoms with van der Waals surface area (Å²) < 4.78 is 0. The smallest absolute Gasteiger partial charge is 0.171 e. The number of hydrogen-bond donors (Lipinski definition) is 0. The standard InChI is InChI=1S/C21H21Cl2N7/c1-15-25-27-30(26-15)11-9-28-8-10-29(20-7-2-16(13-24)12-19(20)23)21(14-28)17-3-5-18(22)6-4-17/h2-7,12,21H,8-11,14H2,1H3. The molecule has 1 saturated heterocycles. The Balaban J connectivity index is 1.57. The van der Waals surface area contributed by atoms with Gasteiger partial charge < -0.3 is 4.90 Å². The van der Waals surface area contributed by atoms with Crippen LogP contribution in [0.1, 0.15) is 23.0 Å². The van der Waals surface area contributed by atoms with Gasteiger partial charge in [0.25, 0.3) is 0 Å². The van der Waals surface area contributed by atoms with Crippen molar-refractivity contribution >= 4 is 28.9 Å². The summed E-state index contributed by atoms with van der Waals surface area (Å²) >= 11 is 12.7. The Kier molecular flexibility index (Phi) is 6.18. The van der Waals surface area contributed by atoms with Crippen LogP contribution < -0.4 is 4.90 Å². The van der Waals surface area contributed by atoms with Gasteiger partial charge in [-0.3, -0.25) is 4.90 Å². The Labute approximate surface area is 185 Å². The zero-order valence-electron chi connectivity index (χ0n) is 16.5. The van der Waals surface area contributed by atoms with Crippen molar-refractivity contribution in [3.05, 3.63) is 69.5 Å². The van der Waals surface area contributed by atoms with Gasteiger partial charge in [-0.05, 0) is 48.0 Å². The number of tetrazole rings is 1. The van der Waals surface area contributed by atoms with Crippen LogP contribution in [0, 0.1) is 18.3 Å². The third-order valence-electron chi connectivity index (χ3n) is 5.27. The summed E-state index contributed by atoms with van der Waals surface area (Å²) in [4.78, 5) is 6.34. The Morgan fingerprint density at radius 3 is 2.57 bits per heavy atom. The van der Waals surface area contributed by atoms with Crippen molar-refractivity contribution in [3.63, 3.8) is 0 Å². The molecule has 1 fully saturated rings. The minimum Gasteiger partial charge on any atom is -0.361 e. The van der Waals surface area contributed by atoms with Crippen molar-refractivity contribution in [2.75, 3.05) is 31.1 Å². The third kappa shape index (κ3) is 4.57. The molecule has 30 heavy (non-hydrogen) atoms. The average molecular weight is 442 g/mol. The van der Waals surface area contributed by atoms with E-state index in [4.69, 9.17) is 28.5 Å². The predicted molar refractivity (Wildman–Crippen MR) is 117 cm³/mol. The van der Waals surface area contributed by atoms with Crippen LogP contribution in [-0.2, 0) is 6.54 Å². The summed E-state index contributed by atoms with van der Waals surface area (Å²) in [6.45, 7) is 5.86. The maximum Gasteiger partial charge on any atom is 0.171 e. The second-order valence-corrected chi connectivity index (χ2v) is 8.12. The van der Waals surface area contributed by atoms with Gasteiger partial charge in [0.2, 0.25) is 0 Å². The van der Waals surface area contributed by atoms with Crippen molar-refractivity contribution in [1.29, 1.82) is 5.26 Å². The van der Waals surface area contributed by atoms with Crippen molar-refractivity contribution in [3.8, 4) is 6.07 Å². The van der Waals surface area contributed by atoms with E-state index in [9.17, 15) is 0 Å². The van der Waals surface area contributed by atoms with E-state index in [2.05, 4.69) is 43.4 Å². The molecule has 4 rings (SSSR count). The van der Waals surface area contributed by atoms with E-state index in [-0.39, 0.29) is 6.04 Å². The Morgan fingerprint density at radius 2 is 1.90 bits per heavy atom. The second-order valence-electron chi connectivity index (χ2n) is 7.27. The number of halogens is 2. The van der Waals surface area contributed by atoms with Crippen LogP contribution in [-0.4, -0.2) is 51.3 Å². The number of rotatable bonds is 5. The first kappa shape index (κ1) is 20.6. The van der Waals surface area contributed by atoms with Crippen molar-refractivity contribution < 1.29 is 0 Å². The van der Waals surface area contributed by atoms with E-state index in [1.54, 1.807) is 10.9 Å². The molecule has 0 aliphatic carbocycles. The predicted octanol–water partition coefficient (Wildman–Crippen LogP) is 3.72. The van der Waals surface area contributed by atoms with Crippen molar-refractivity contribution in [1.82, 2.24) is 25.1 Å². The Hall–Kier alpha value is -2.66. The highest BCUT2D eigenvalue weighted by Crippen LogP contribution is 2.36. The molecule has 3 aromatic rings. The first-order chi connectivity index (χ1) is 14.5. The molecule has 0 amide bonds. The molecule has 7 nitrogen and oxygen atoms in total. The molecule has 0 spiro atoms. The number of nitriles is 1. The van der Waals surface area contributed by atoms with E-state index in [1.807, 2.05) is 31.2 Å². The number of benzene rings is 2. The number of aryl methyl sites for hydroxylation is 1. The number of anilines is 1. The monoisotopic (exact) mass is 441 g/mol. The lowest BCUT2D eigenvalue weighted by Gasteiger charge is -2.43. The highest BCUT2D eigenvalue weighted by Gasteiger charge is 2.29. The lowest BCUT2D eigenvalue weighted by atomic mass is 10.0. The van der Waals surface area contributed by atoms with E-state index in [0.717, 1.165) is 31.9 Å². The zero-order valence-corrected chi connectivity index (χ0v) is 18.1. The first-order valence-electron chi connectivity index (χ1n) is 9.72. The summed E-state index contributed by atoms with van der Waals surface area (Å²) in [7, 11) is 0.